The van der Waals surface area contributed by atoms with Gasteiger partial charge in [0, 0.05) is 12.1 Å². The van der Waals surface area contributed by atoms with Crippen molar-refractivity contribution in [3.05, 3.63) is 23.7 Å². The number of hydrogen-bond acceptors (Lipinski definition) is 5. The third-order valence-corrected chi connectivity index (χ3v) is 1.53. The first-order valence-corrected chi connectivity index (χ1v) is 3.53. The lowest BCUT2D eigenvalue weighted by atomic mass is 10.2. The molecule has 1 aliphatic rings. The van der Waals surface area contributed by atoms with E-state index in [-0.39, 0.29) is 5.70 Å². The summed E-state index contributed by atoms with van der Waals surface area (Å²) in [5.41, 5.74) is 8.06. The molecule has 1 aliphatic heterocycles. The van der Waals surface area contributed by atoms with E-state index in [1.807, 2.05) is 0 Å². The quantitative estimate of drug-likeness (QED) is 0.587. The van der Waals surface area contributed by atoms with Gasteiger partial charge in [0.1, 0.15) is 11.4 Å². The van der Waals surface area contributed by atoms with Crippen molar-refractivity contribution in [1.82, 2.24) is 15.7 Å². The molecule has 2 heterocycles. The molecule has 6 nitrogen and oxygen atoms in total. The van der Waals surface area contributed by atoms with Gasteiger partial charge in [-0.05, 0) is 0 Å². The number of carbonyl (C=O) groups excluding carboxylic acids is 1. The van der Waals surface area contributed by atoms with Crippen molar-refractivity contribution in [2.75, 3.05) is 0 Å². The molecule has 1 aromatic rings. The molecule has 1 aromatic heterocycles. The first-order valence-electron chi connectivity index (χ1n) is 3.53. The number of hydrogen-bond donors (Lipinski definition) is 2. The van der Waals surface area contributed by atoms with E-state index in [1.165, 1.54) is 12.3 Å². The molecule has 0 spiro atoms. The van der Waals surface area contributed by atoms with Crippen LogP contribution in [-0.2, 0) is 4.79 Å². The Morgan fingerprint density at radius 1 is 1.62 bits per heavy atom. The Morgan fingerprint density at radius 3 is 3.23 bits per heavy atom. The summed E-state index contributed by atoms with van der Waals surface area (Å²) in [7, 11) is 0. The van der Waals surface area contributed by atoms with Gasteiger partial charge < -0.3 is 10.6 Å². The lowest BCUT2D eigenvalue weighted by molar-refractivity contribution is -0.115. The number of nitrogens with one attached hydrogen (secondary N) is 1. The van der Waals surface area contributed by atoms with Crippen molar-refractivity contribution in [2.24, 2.45) is 5.73 Å². The highest BCUT2D eigenvalue weighted by molar-refractivity contribution is 5.96. The lowest BCUT2D eigenvalue weighted by Crippen LogP contribution is -2.31. The molecule has 13 heavy (non-hydrogen) atoms. The van der Waals surface area contributed by atoms with E-state index < -0.39 is 5.91 Å². The van der Waals surface area contributed by atoms with Crippen LogP contribution >= 0.6 is 0 Å². The second-order valence-electron chi connectivity index (χ2n) is 2.41. The van der Waals surface area contributed by atoms with Crippen LogP contribution in [0.5, 0.6) is 5.75 Å². The first kappa shape index (κ1) is 7.53. The Labute approximate surface area is 73.4 Å². The maximum atomic E-state index is 10.7. The maximum absolute atomic E-state index is 10.7. The van der Waals surface area contributed by atoms with Gasteiger partial charge in [-0.25, -0.2) is 5.48 Å². The summed E-state index contributed by atoms with van der Waals surface area (Å²) in [6, 6.07) is 1.63. The highest BCUT2D eigenvalue weighted by atomic mass is 16.6. The van der Waals surface area contributed by atoms with Crippen LogP contribution in [0.25, 0.3) is 6.08 Å². The first-order chi connectivity index (χ1) is 6.27. The molecule has 1 amide bonds. The molecule has 0 bridgehead atoms. The largest absolute Gasteiger partial charge is 0.380 e. The summed E-state index contributed by atoms with van der Waals surface area (Å²) in [4.78, 5) is 15.7. The fraction of sp³-hybridized carbons (Fsp3) is 0. The number of primary amides is 1. The molecule has 0 saturated carbocycles. The third kappa shape index (κ3) is 1.28. The van der Waals surface area contributed by atoms with Crippen molar-refractivity contribution in [3.8, 4) is 5.75 Å². The Kier molecular flexibility index (Phi) is 1.59. The average molecular weight is 178 g/mol. The highest BCUT2D eigenvalue weighted by Gasteiger charge is 2.15. The normalized spacial score (nSPS) is 13.4. The van der Waals surface area contributed by atoms with Crippen molar-refractivity contribution in [3.63, 3.8) is 0 Å². The highest BCUT2D eigenvalue weighted by Crippen LogP contribution is 2.19. The molecule has 0 radical (unpaired) electrons. The number of amides is 1. The summed E-state index contributed by atoms with van der Waals surface area (Å²) in [5.74, 6) is -0.0868. The second kappa shape index (κ2) is 2.74. The van der Waals surface area contributed by atoms with E-state index in [0.717, 1.165) is 0 Å². The fourth-order valence-electron chi connectivity index (χ4n) is 0.915. The van der Waals surface area contributed by atoms with E-state index >= 15 is 0 Å². The molecule has 0 unspecified atom stereocenters. The zero-order valence-corrected chi connectivity index (χ0v) is 6.52. The number of nitrogens with zero attached hydrogens (tertiary/aromatic N) is 2. The third-order valence-electron chi connectivity index (χ3n) is 1.53. The van der Waals surface area contributed by atoms with E-state index in [0.29, 0.717) is 11.4 Å². The molecule has 2 rings (SSSR count). The van der Waals surface area contributed by atoms with Crippen molar-refractivity contribution in [1.29, 1.82) is 0 Å². The Balaban J connectivity index is 2.44. The number of hydroxylamine groups is 1. The lowest BCUT2D eigenvalue weighted by Gasteiger charge is -2.14. The predicted octanol–water partition coefficient (Wildman–Crippen LogP) is -0.800. The van der Waals surface area contributed by atoms with Crippen LogP contribution in [0.2, 0.25) is 0 Å². The second-order valence-corrected chi connectivity index (χ2v) is 2.41. The zero-order chi connectivity index (χ0) is 9.26. The molecule has 66 valence electrons. The molecule has 0 atom stereocenters. The van der Waals surface area contributed by atoms with E-state index in [9.17, 15) is 4.79 Å². The molecule has 3 N–H and O–H groups in total. The van der Waals surface area contributed by atoms with E-state index in [4.69, 9.17) is 10.6 Å². The monoisotopic (exact) mass is 178 g/mol. The van der Waals surface area contributed by atoms with Crippen LogP contribution in [-0.4, -0.2) is 16.1 Å². The zero-order valence-electron chi connectivity index (χ0n) is 6.52. The van der Waals surface area contributed by atoms with Gasteiger partial charge >= 0.3 is 0 Å². The number of rotatable bonds is 1. The number of nitrogens with two attached hydrogens (primary N) is 1. The van der Waals surface area contributed by atoms with Gasteiger partial charge in [0.25, 0.3) is 5.91 Å². The summed E-state index contributed by atoms with van der Waals surface area (Å²) in [5, 5.41) is 7.39. The van der Waals surface area contributed by atoms with Crippen LogP contribution in [0.4, 0.5) is 0 Å². The molecule has 0 fully saturated rings. The SMILES string of the molecule is NC(=O)C1=Cc2nnccc2ON1. The minimum absolute atomic E-state index is 0.160. The Bertz CT molecular complexity index is 388. The minimum Gasteiger partial charge on any atom is -0.380 e. The number of aromatic nitrogens is 2. The Hall–Kier alpha value is -2.11. The van der Waals surface area contributed by atoms with Gasteiger partial charge in [0.05, 0.1) is 6.20 Å². The van der Waals surface area contributed by atoms with E-state index in [1.54, 1.807) is 6.07 Å². The summed E-state index contributed by atoms with van der Waals surface area (Å²) in [6.07, 6.45) is 2.97. The van der Waals surface area contributed by atoms with Crippen molar-refractivity contribution < 1.29 is 9.63 Å². The average Bonchev–Trinajstić information content (AvgIpc) is 2.17. The summed E-state index contributed by atoms with van der Waals surface area (Å²) < 4.78 is 0. The molecule has 0 aromatic carbocycles. The van der Waals surface area contributed by atoms with Crippen LogP contribution in [0, 0.1) is 0 Å². The molecule has 6 heteroatoms. The predicted molar refractivity (Wildman–Crippen MR) is 43.0 cm³/mol. The van der Waals surface area contributed by atoms with Crippen molar-refractivity contribution in [2.45, 2.75) is 0 Å². The van der Waals surface area contributed by atoms with Gasteiger partial charge in [0.2, 0.25) is 0 Å². The van der Waals surface area contributed by atoms with Gasteiger partial charge in [-0.2, -0.15) is 5.10 Å². The minimum atomic E-state index is -0.601. The summed E-state index contributed by atoms with van der Waals surface area (Å²) in [6.45, 7) is 0. The van der Waals surface area contributed by atoms with Crippen LogP contribution < -0.4 is 16.1 Å². The van der Waals surface area contributed by atoms with Gasteiger partial charge in [-0.1, -0.05) is 0 Å². The van der Waals surface area contributed by atoms with Crippen molar-refractivity contribution >= 4 is 12.0 Å². The van der Waals surface area contributed by atoms with Gasteiger partial charge in [-0.15, -0.1) is 5.10 Å². The smallest absolute Gasteiger partial charge is 0.268 e. The standard InChI is InChI=1S/C7H6N4O2/c8-7(12)5-3-4-6(13-11-5)1-2-9-10-4/h1-3,11H,(H2,8,12). The Morgan fingerprint density at radius 2 is 2.46 bits per heavy atom. The topological polar surface area (TPSA) is 90.1 Å². The van der Waals surface area contributed by atoms with Gasteiger partial charge in [-0.3, -0.25) is 4.79 Å². The van der Waals surface area contributed by atoms with Gasteiger partial charge in [0.15, 0.2) is 5.75 Å². The molecular weight excluding hydrogens is 172 g/mol. The molecule has 0 saturated heterocycles. The van der Waals surface area contributed by atoms with Crippen LogP contribution in [0.15, 0.2) is 18.0 Å². The molecular formula is C7H6N4O2. The maximum Gasteiger partial charge on any atom is 0.268 e. The van der Waals surface area contributed by atoms with Crippen LogP contribution in [0.1, 0.15) is 5.69 Å². The number of fused-ring (bicyclic) bond motifs is 1. The fourth-order valence-corrected chi connectivity index (χ4v) is 0.915. The number of carbonyl (C=O) groups is 1. The van der Waals surface area contributed by atoms with E-state index in [2.05, 4.69) is 15.7 Å². The summed E-state index contributed by atoms with van der Waals surface area (Å²) >= 11 is 0. The van der Waals surface area contributed by atoms with Crippen LogP contribution in [0.3, 0.4) is 0 Å². The molecule has 0 aliphatic carbocycles.